The van der Waals surface area contributed by atoms with Crippen molar-refractivity contribution < 1.29 is 9.53 Å². The van der Waals surface area contributed by atoms with Crippen LogP contribution < -0.4 is 0 Å². The third kappa shape index (κ3) is 3.69. The van der Waals surface area contributed by atoms with Gasteiger partial charge in [-0.15, -0.1) is 0 Å². The Kier molecular flexibility index (Phi) is 4.81. The second kappa shape index (κ2) is 5.69. The zero-order valence-electron chi connectivity index (χ0n) is 14.2. The maximum Gasteiger partial charge on any atom is 0.160 e. The summed E-state index contributed by atoms with van der Waals surface area (Å²) in [5.41, 5.74) is 4.24. The number of ketones is 1. The van der Waals surface area contributed by atoms with Gasteiger partial charge in [-0.25, -0.2) is 0 Å². The molecule has 1 aromatic carbocycles. The third-order valence-corrected chi connectivity index (χ3v) is 3.59. The molecule has 0 amide bonds. The summed E-state index contributed by atoms with van der Waals surface area (Å²) in [6.45, 7) is 15.2. The van der Waals surface area contributed by atoms with Crippen LogP contribution in [0.15, 0.2) is 12.1 Å². The Morgan fingerprint density at radius 1 is 1.05 bits per heavy atom. The number of methoxy groups -OCH3 is 1. The van der Waals surface area contributed by atoms with Gasteiger partial charge >= 0.3 is 0 Å². The lowest BCUT2D eigenvalue weighted by atomic mass is 9.76. The lowest BCUT2D eigenvalue weighted by Gasteiger charge is -2.29. The number of carbonyl (C=O) groups is 1. The molecule has 2 heteroatoms. The molecular formula is C18H28O2. The summed E-state index contributed by atoms with van der Waals surface area (Å²) < 4.78 is 5.33. The molecule has 0 radical (unpaired) electrons. The van der Waals surface area contributed by atoms with Gasteiger partial charge in [0.15, 0.2) is 5.78 Å². The third-order valence-electron chi connectivity index (χ3n) is 3.59. The Morgan fingerprint density at radius 2 is 1.60 bits per heavy atom. The molecule has 0 aromatic heterocycles. The molecule has 0 saturated carbocycles. The predicted molar refractivity (Wildman–Crippen MR) is 84.6 cm³/mol. The highest BCUT2D eigenvalue weighted by molar-refractivity contribution is 5.96. The summed E-state index contributed by atoms with van der Waals surface area (Å²) in [5, 5.41) is 0. The quantitative estimate of drug-likeness (QED) is 0.752. The van der Waals surface area contributed by atoms with E-state index in [1.165, 1.54) is 11.1 Å². The summed E-state index contributed by atoms with van der Waals surface area (Å²) in [6, 6.07) is 4.27. The van der Waals surface area contributed by atoms with Crippen LogP contribution >= 0.6 is 0 Å². The molecule has 1 aromatic rings. The molecule has 0 aliphatic heterocycles. The first kappa shape index (κ1) is 16.9. The number of hydrogen-bond donors (Lipinski definition) is 0. The van der Waals surface area contributed by atoms with Gasteiger partial charge in [-0.1, -0.05) is 47.6 Å². The zero-order valence-corrected chi connectivity index (χ0v) is 14.2. The van der Waals surface area contributed by atoms with E-state index in [2.05, 4.69) is 47.6 Å². The molecule has 0 N–H and O–H groups in total. The number of rotatable bonds is 3. The fraction of sp³-hybridized carbons (Fsp3) is 0.611. The highest BCUT2D eigenvalue weighted by Gasteiger charge is 2.25. The van der Waals surface area contributed by atoms with Crippen molar-refractivity contribution in [3.63, 3.8) is 0 Å². The van der Waals surface area contributed by atoms with Gasteiger partial charge in [0.2, 0.25) is 0 Å². The van der Waals surface area contributed by atoms with Gasteiger partial charge in [-0.2, -0.15) is 0 Å². The fourth-order valence-corrected chi connectivity index (χ4v) is 2.39. The van der Waals surface area contributed by atoms with Crippen molar-refractivity contribution in [3.8, 4) is 0 Å². The van der Waals surface area contributed by atoms with E-state index in [4.69, 9.17) is 4.74 Å². The van der Waals surface area contributed by atoms with Crippen molar-refractivity contribution >= 4 is 5.78 Å². The Morgan fingerprint density at radius 3 is 1.95 bits per heavy atom. The number of ether oxygens (including phenoxy) is 1. The summed E-state index contributed by atoms with van der Waals surface area (Å²) in [5.74, 6) is 0.105. The lowest BCUT2D eigenvalue weighted by molar-refractivity contribution is 0.101. The van der Waals surface area contributed by atoms with Gasteiger partial charge < -0.3 is 4.74 Å². The Balaban J connectivity index is 3.69. The van der Waals surface area contributed by atoms with E-state index in [1.54, 1.807) is 14.0 Å². The molecule has 0 bridgehead atoms. The average molecular weight is 276 g/mol. The molecular weight excluding hydrogens is 248 g/mol. The van der Waals surface area contributed by atoms with Crippen molar-refractivity contribution in [3.05, 3.63) is 34.4 Å². The lowest BCUT2D eigenvalue weighted by Crippen LogP contribution is -2.21. The average Bonchev–Trinajstić information content (AvgIpc) is 2.26. The van der Waals surface area contributed by atoms with Crippen LogP contribution in [0.3, 0.4) is 0 Å². The molecule has 0 unspecified atom stereocenters. The van der Waals surface area contributed by atoms with E-state index in [0.29, 0.717) is 6.61 Å². The van der Waals surface area contributed by atoms with E-state index in [0.717, 1.165) is 11.1 Å². The predicted octanol–water partition coefficient (Wildman–Crippen LogP) is 4.63. The molecule has 2 nitrogen and oxygen atoms in total. The first-order chi connectivity index (χ1) is 8.98. The van der Waals surface area contributed by atoms with E-state index < -0.39 is 0 Å². The fourth-order valence-electron chi connectivity index (χ4n) is 2.39. The van der Waals surface area contributed by atoms with Crippen LogP contribution in [-0.2, 0) is 22.2 Å². The molecule has 0 fully saturated rings. The summed E-state index contributed by atoms with van der Waals surface area (Å²) in [6.07, 6.45) is 0. The Labute approximate surface area is 123 Å². The maximum absolute atomic E-state index is 12.0. The number of hydrogen-bond acceptors (Lipinski definition) is 2. The van der Waals surface area contributed by atoms with E-state index in [1.807, 2.05) is 6.07 Å². The number of benzene rings is 1. The van der Waals surface area contributed by atoms with Gasteiger partial charge in [0.1, 0.15) is 0 Å². The first-order valence-corrected chi connectivity index (χ1v) is 7.16. The highest BCUT2D eigenvalue weighted by Crippen LogP contribution is 2.34. The van der Waals surface area contributed by atoms with Crippen LogP contribution in [0.25, 0.3) is 0 Å². The van der Waals surface area contributed by atoms with Gasteiger partial charge in [0.25, 0.3) is 0 Å². The van der Waals surface area contributed by atoms with Crippen molar-refractivity contribution in [2.24, 2.45) is 0 Å². The van der Waals surface area contributed by atoms with Crippen molar-refractivity contribution in [1.82, 2.24) is 0 Å². The Hall–Kier alpha value is -1.15. The maximum atomic E-state index is 12.0. The zero-order chi connectivity index (χ0) is 15.7. The summed E-state index contributed by atoms with van der Waals surface area (Å²) in [4.78, 5) is 12.0. The van der Waals surface area contributed by atoms with Crippen LogP contribution in [0.5, 0.6) is 0 Å². The van der Waals surface area contributed by atoms with Crippen LogP contribution in [0, 0.1) is 0 Å². The number of Topliss-reactive ketones (excluding diaryl/α,β-unsaturated/α-hetero) is 1. The first-order valence-electron chi connectivity index (χ1n) is 7.16. The molecule has 0 aliphatic rings. The van der Waals surface area contributed by atoms with Gasteiger partial charge in [0, 0.05) is 12.7 Å². The molecule has 0 atom stereocenters. The van der Waals surface area contributed by atoms with E-state index >= 15 is 0 Å². The number of carbonyl (C=O) groups excluding carboxylic acids is 1. The largest absolute Gasteiger partial charge is 0.380 e. The minimum atomic E-state index is -0.0146. The van der Waals surface area contributed by atoms with E-state index in [9.17, 15) is 4.79 Å². The van der Waals surface area contributed by atoms with Crippen LogP contribution in [0.2, 0.25) is 0 Å². The van der Waals surface area contributed by atoms with Crippen LogP contribution in [-0.4, -0.2) is 12.9 Å². The summed E-state index contributed by atoms with van der Waals surface area (Å²) >= 11 is 0. The Bertz CT molecular complexity index is 499. The monoisotopic (exact) mass is 276 g/mol. The molecule has 0 spiro atoms. The standard InChI is InChI=1S/C18H28O2/c1-12(19)14-9-13(17(2,3)4)10-16(18(5,6)7)15(14)11-20-8/h9-10H,11H2,1-8H3. The molecule has 1 rings (SSSR count). The highest BCUT2D eigenvalue weighted by atomic mass is 16.5. The van der Waals surface area contributed by atoms with Crippen molar-refractivity contribution in [2.45, 2.75) is 65.9 Å². The SMILES string of the molecule is COCc1c(C(C)=O)cc(C(C)(C)C)cc1C(C)(C)C. The molecule has 112 valence electrons. The van der Waals surface area contributed by atoms with Crippen LogP contribution in [0.4, 0.5) is 0 Å². The summed E-state index contributed by atoms with van der Waals surface area (Å²) in [7, 11) is 1.67. The van der Waals surface area contributed by atoms with Crippen molar-refractivity contribution in [2.75, 3.05) is 7.11 Å². The second-order valence-corrected chi connectivity index (χ2v) is 7.54. The molecule has 20 heavy (non-hydrogen) atoms. The normalized spacial score (nSPS) is 12.6. The molecule has 0 heterocycles. The second-order valence-electron chi connectivity index (χ2n) is 7.54. The minimum Gasteiger partial charge on any atom is -0.380 e. The van der Waals surface area contributed by atoms with Gasteiger partial charge in [0.05, 0.1) is 6.61 Å². The smallest absolute Gasteiger partial charge is 0.160 e. The van der Waals surface area contributed by atoms with E-state index in [-0.39, 0.29) is 16.6 Å². The minimum absolute atomic E-state index is 0.0146. The van der Waals surface area contributed by atoms with Crippen LogP contribution in [0.1, 0.15) is 75.5 Å². The molecule has 0 aliphatic carbocycles. The van der Waals surface area contributed by atoms with Gasteiger partial charge in [-0.05, 0) is 40.5 Å². The van der Waals surface area contributed by atoms with Crippen molar-refractivity contribution in [1.29, 1.82) is 0 Å². The molecule has 0 saturated heterocycles. The van der Waals surface area contributed by atoms with Gasteiger partial charge in [-0.3, -0.25) is 4.79 Å². The topological polar surface area (TPSA) is 26.3 Å².